The zero-order valence-electron chi connectivity index (χ0n) is 22.2. The predicted octanol–water partition coefficient (Wildman–Crippen LogP) is 6.10. The molecule has 3 atom stereocenters. The molecule has 7 nitrogen and oxygen atoms in total. The third-order valence-corrected chi connectivity index (χ3v) is 7.37. The molecular formula is C27H30F6N6O. The van der Waals surface area contributed by atoms with Crippen molar-refractivity contribution in [3.05, 3.63) is 59.7 Å². The molecule has 3 heterocycles. The van der Waals surface area contributed by atoms with E-state index >= 15 is 0 Å². The Morgan fingerprint density at radius 2 is 1.45 bits per heavy atom. The van der Waals surface area contributed by atoms with Gasteiger partial charge in [0, 0.05) is 61.4 Å². The number of rotatable bonds is 8. The highest BCUT2D eigenvalue weighted by Crippen LogP contribution is 2.38. The van der Waals surface area contributed by atoms with Crippen molar-refractivity contribution in [2.45, 2.75) is 76.6 Å². The lowest BCUT2D eigenvalue weighted by Crippen LogP contribution is -2.54. The summed E-state index contributed by atoms with van der Waals surface area (Å²) in [4.78, 5) is 24.2. The van der Waals surface area contributed by atoms with Crippen molar-refractivity contribution >= 4 is 12.4 Å². The van der Waals surface area contributed by atoms with Gasteiger partial charge in [-0.05, 0) is 49.4 Å². The second kappa shape index (κ2) is 11.5. The number of aromatic nitrogens is 4. The quantitative estimate of drug-likeness (QED) is 0.243. The van der Waals surface area contributed by atoms with Gasteiger partial charge in [-0.3, -0.25) is 9.48 Å². The number of alkyl halides is 6. The van der Waals surface area contributed by atoms with Crippen molar-refractivity contribution < 1.29 is 31.1 Å². The van der Waals surface area contributed by atoms with Crippen molar-refractivity contribution in [3.63, 3.8) is 0 Å². The molecule has 0 radical (unpaired) electrons. The summed E-state index contributed by atoms with van der Waals surface area (Å²) >= 11 is 0. The third kappa shape index (κ3) is 6.39. The number of amides is 1. The summed E-state index contributed by atoms with van der Waals surface area (Å²) in [6.07, 6.45) is -0.404. The highest BCUT2D eigenvalue weighted by atomic mass is 19.4. The van der Waals surface area contributed by atoms with Crippen LogP contribution in [0.3, 0.4) is 0 Å². The average molecular weight is 569 g/mol. The molecule has 0 spiro atoms. The standard InChI is InChI=1S/C27H30F6N6O/c1-4-22-9-24(10-23(5-2)39(22)16-40)38(25-34-11-18(12-35-25)19-13-36-37(3)15-19)14-17-6-20(26(28,29)30)8-21(7-17)27(31,32)33/h6-8,11-13,15-16,22-24H,4-5,9-10,14H2,1-3H3/t22-,23+,24?. The van der Waals surface area contributed by atoms with Crippen LogP contribution in [0.25, 0.3) is 11.1 Å². The van der Waals surface area contributed by atoms with E-state index in [0.29, 0.717) is 31.2 Å². The molecule has 1 saturated heterocycles. The molecule has 40 heavy (non-hydrogen) atoms. The molecule has 1 aliphatic rings. The number of piperidine rings is 1. The van der Waals surface area contributed by atoms with E-state index in [1.807, 2.05) is 13.8 Å². The minimum atomic E-state index is -4.96. The van der Waals surface area contributed by atoms with Crippen molar-refractivity contribution in [1.29, 1.82) is 0 Å². The summed E-state index contributed by atoms with van der Waals surface area (Å²) in [5, 5.41) is 4.12. The number of aryl methyl sites for hydroxylation is 1. The monoisotopic (exact) mass is 568 g/mol. The van der Waals surface area contributed by atoms with E-state index in [4.69, 9.17) is 0 Å². The van der Waals surface area contributed by atoms with E-state index in [0.717, 1.165) is 24.1 Å². The largest absolute Gasteiger partial charge is 0.416 e. The van der Waals surface area contributed by atoms with Gasteiger partial charge < -0.3 is 9.80 Å². The van der Waals surface area contributed by atoms with Crippen LogP contribution in [0.1, 0.15) is 56.2 Å². The molecule has 4 rings (SSSR count). The van der Waals surface area contributed by atoms with Crippen LogP contribution in [0.15, 0.2) is 43.0 Å². The predicted molar refractivity (Wildman–Crippen MR) is 136 cm³/mol. The molecule has 1 aliphatic heterocycles. The summed E-state index contributed by atoms with van der Waals surface area (Å²) in [7, 11) is 1.75. The van der Waals surface area contributed by atoms with Crippen molar-refractivity contribution in [2.75, 3.05) is 4.90 Å². The van der Waals surface area contributed by atoms with Crippen molar-refractivity contribution in [1.82, 2.24) is 24.6 Å². The van der Waals surface area contributed by atoms with E-state index in [9.17, 15) is 31.1 Å². The van der Waals surface area contributed by atoms with Crippen LogP contribution in [-0.4, -0.2) is 49.2 Å². The van der Waals surface area contributed by atoms with E-state index in [-0.39, 0.29) is 42.2 Å². The fourth-order valence-corrected chi connectivity index (χ4v) is 5.31. The van der Waals surface area contributed by atoms with Gasteiger partial charge in [0.2, 0.25) is 12.4 Å². The van der Waals surface area contributed by atoms with Crippen LogP contribution in [0.5, 0.6) is 0 Å². The molecule has 1 unspecified atom stereocenters. The zero-order chi connectivity index (χ0) is 29.2. The van der Waals surface area contributed by atoms with Gasteiger partial charge in [-0.1, -0.05) is 13.8 Å². The zero-order valence-corrected chi connectivity index (χ0v) is 22.2. The first-order chi connectivity index (χ1) is 18.8. The number of likely N-dealkylation sites (tertiary alicyclic amines) is 1. The maximum absolute atomic E-state index is 13.6. The van der Waals surface area contributed by atoms with Gasteiger partial charge >= 0.3 is 12.4 Å². The summed E-state index contributed by atoms with van der Waals surface area (Å²) in [6, 6.07) is 0.967. The molecular weight excluding hydrogens is 538 g/mol. The average Bonchev–Trinajstić information content (AvgIpc) is 3.36. The molecule has 2 aromatic heterocycles. The van der Waals surface area contributed by atoms with Gasteiger partial charge in [-0.2, -0.15) is 31.4 Å². The van der Waals surface area contributed by atoms with Gasteiger partial charge in [-0.15, -0.1) is 0 Å². The highest BCUT2D eigenvalue weighted by molar-refractivity contribution is 5.60. The lowest BCUT2D eigenvalue weighted by molar-refractivity contribution is -0.143. The van der Waals surface area contributed by atoms with Gasteiger partial charge in [-0.25, -0.2) is 9.97 Å². The van der Waals surface area contributed by atoms with Crippen molar-refractivity contribution in [2.24, 2.45) is 7.05 Å². The third-order valence-electron chi connectivity index (χ3n) is 7.37. The van der Waals surface area contributed by atoms with E-state index in [2.05, 4.69) is 15.1 Å². The number of benzene rings is 1. The van der Waals surface area contributed by atoms with Gasteiger partial charge in [0.15, 0.2) is 0 Å². The van der Waals surface area contributed by atoms with Crippen LogP contribution in [0.2, 0.25) is 0 Å². The molecule has 0 aliphatic carbocycles. The Balaban J connectivity index is 1.77. The van der Waals surface area contributed by atoms with Gasteiger partial charge in [0.25, 0.3) is 0 Å². The summed E-state index contributed by atoms with van der Waals surface area (Å²) in [5.74, 6) is 0.174. The molecule has 3 aromatic rings. The van der Waals surface area contributed by atoms with E-state index in [1.165, 1.54) is 0 Å². The van der Waals surface area contributed by atoms with Crippen LogP contribution >= 0.6 is 0 Å². The van der Waals surface area contributed by atoms with Gasteiger partial charge in [0.05, 0.1) is 17.3 Å². The summed E-state index contributed by atoms with van der Waals surface area (Å²) in [5.41, 5.74) is -1.51. The summed E-state index contributed by atoms with van der Waals surface area (Å²) in [6.45, 7) is 3.59. The molecule has 1 amide bonds. The molecule has 0 N–H and O–H groups in total. The lowest BCUT2D eigenvalue weighted by atomic mass is 9.88. The Labute approximate surface area is 227 Å². The number of halogens is 6. The molecule has 216 valence electrons. The van der Waals surface area contributed by atoms with Crippen molar-refractivity contribution in [3.8, 4) is 11.1 Å². The second-order valence-electron chi connectivity index (χ2n) is 10.0. The SMILES string of the molecule is CC[C@@H]1CC(N(Cc2cc(C(F)(F)F)cc(C(F)(F)F)c2)c2ncc(-c3cnn(C)c3)cn2)C[C@H](CC)N1C=O. The first-order valence-corrected chi connectivity index (χ1v) is 12.9. The Hall–Kier alpha value is -3.64. The normalized spacial score (nSPS) is 20.0. The first-order valence-electron chi connectivity index (χ1n) is 12.9. The maximum Gasteiger partial charge on any atom is 0.416 e. The number of nitrogens with zero attached hydrogens (tertiary/aromatic N) is 6. The van der Waals surface area contributed by atoms with Gasteiger partial charge in [0.1, 0.15) is 0 Å². The number of anilines is 1. The summed E-state index contributed by atoms with van der Waals surface area (Å²) < 4.78 is 83.1. The first kappa shape index (κ1) is 29.3. The Bertz CT molecular complexity index is 1260. The van der Waals surface area contributed by atoms with Crippen LogP contribution in [0, 0.1) is 0 Å². The number of carbonyl (C=O) groups excluding carboxylic acids is 1. The fraction of sp³-hybridized carbons (Fsp3) is 0.481. The Morgan fingerprint density at radius 3 is 1.88 bits per heavy atom. The van der Waals surface area contributed by atoms with E-state index in [1.54, 1.807) is 46.3 Å². The van der Waals surface area contributed by atoms with Crippen LogP contribution in [0.4, 0.5) is 32.3 Å². The molecule has 0 saturated carbocycles. The number of carbonyl (C=O) groups is 1. The minimum Gasteiger partial charge on any atom is -0.339 e. The number of hydrogen-bond donors (Lipinski definition) is 0. The second-order valence-corrected chi connectivity index (χ2v) is 10.0. The van der Waals surface area contributed by atoms with Crippen LogP contribution in [-0.2, 0) is 30.7 Å². The fourth-order valence-electron chi connectivity index (χ4n) is 5.31. The number of hydrogen-bond acceptors (Lipinski definition) is 5. The lowest BCUT2D eigenvalue weighted by Gasteiger charge is -2.46. The Kier molecular flexibility index (Phi) is 8.41. The van der Waals surface area contributed by atoms with Crippen LogP contribution < -0.4 is 4.90 Å². The Morgan fingerprint density at radius 1 is 0.900 bits per heavy atom. The maximum atomic E-state index is 13.6. The van der Waals surface area contributed by atoms with E-state index < -0.39 is 23.5 Å². The highest BCUT2D eigenvalue weighted by Gasteiger charge is 2.39. The topological polar surface area (TPSA) is 67.2 Å². The molecule has 13 heteroatoms. The molecule has 0 bridgehead atoms. The minimum absolute atomic E-state index is 0.121. The molecule has 1 aromatic carbocycles. The molecule has 1 fully saturated rings. The smallest absolute Gasteiger partial charge is 0.339 e.